The van der Waals surface area contributed by atoms with E-state index in [1.54, 1.807) is 12.1 Å². The summed E-state index contributed by atoms with van der Waals surface area (Å²) in [5.41, 5.74) is 0.534. The van der Waals surface area contributed by atoms with Gasteiger partial charge in [-0.3, -0.25) is 0 Å². The number of hydrogen-bond acceptors (Lipinski definition) is 3. The van der Waals surface area contributed by atoms with Gasteiger partial charge in [-0.05, 0) is 0 Å². The van der Waals surface area contributed by atoms with E-state index in [2.05, 4.69) is 49.0 Å². The van der Waals surface area contributed by atoms with Crippen LogP contribution in [0.2, 0.25) is 0 Å². The Labute approximate surface area is 181 Å². The molecule has 0 amide bonds. The van der Waals surface area contributed by atoms with Gasteiger partial charge in [0.1, 0.15) is 0 Å². The molecular weight excluding hydrogens is 483 g/mol. The first-order valence-corrected chi connectivity index (χ1v) is 15.3. The Bertz CT molecular complexity index is 985. The van der Waals surface area contributed by atoms with Crippen LogP contribution in [0.5, 0.6) is 0 Å². The second kappa shape index (κ2) is 8.89. The van der Waals surface area contributed by atoms with Gasteiger partial charge in [-0.2, -0.15) is 0 Å². The van der Waals surface area contributed by atoms with Crippen LogP contribution in [0.25, 0.3) is 0 Å². The van der Waals surface area contributed by atoms with Crippen molar-refractivity contribution in [2.75, 3.05) is 0 Å². The maximum absolute atomic E-state index is 13.3. The standard InChI is InChI=1S/C7H6O2S.3C6H5.Sn/c8-7(9)5-1-3-6(10)4-2-5;3*1-2-4-6-5-3-1;/h1-4,10H,(H,8,9);3*1-5H;/q;;;;+1/p-1. The van der Waals surface area contributed by atoms with Gasteiger partial charge in [-0.25, -0.2) is 0 Å². The van der Waals surface area contributed by atoms with E-state index in [9.17, 15) is 4.79 Å². The number of rotatable bonds is 5. The molecule has 0 spiro atoms. The predicted molar refractivity (Wildman–Crippen MR) is 123 cm³/mol. The summed E-state index contributed by atoms with van der Waals surface area (Å²) in [5.74, 6) is -0.300. The zero-order valence-electron chi connectivity index (χ0n) is 15.7. The fourth-order valence-corrected chi connectivity index (χ4v) is 14.3. The Morgan fingerprint density at radius 3 is 1.34 bits per heavy atom. The van der Waals surface area contributed by atoms with Gasteiger partial charge in [0.15, 0.2) is 0 Å². The first kappa shape index (κ1) is 19.8. The van der Waals surface area contributed by atoms with E-state index in [-0.39, 0.29) is 5.97 Å². The van der Waals surface area contributed by atoms with Crippen LogP contribution in [0.15, 0.2) is 120 Å². The van der Waals surface area contributed by atoms with Gasteiger partial charge in [0.25, 0.3) is 0 Å². The minimum absolute atomic E-state index is 0.300. The van der Waals surface area contributed by atoms with Crippen molar-refractivity contribution >= 4 is 48.1 Å². The molecule has 0 saturated carbocycles. The van der Waals surface area contributed by atoms with E-state index in [1.807, 2.05) is 66.7 Å². The van der Waals surface area contributed by atoms with Crippen LogP contribution in [-0.2, 0) is 3.07 Å². The van der Waals surface area contributed by atoms with Gasteiger partial charge in [0, 0.05) is 0 Å². The second-order valence-electron chi connectivity index (χ2n) is 6.72. The summed E-state index contributed by atoms with van der Waals surface area (Å²) in [5, 5.41) is 0. The topological polar surface area (TPSA) is 26.3 Å². The Kier molecular flexibility index (Phi) is 6.07. The molecule has 0 bridgehead atoms. The molecule has 0 N–H and O–H groups in total. The SMILES string of the molecule is O=C([O][Sn]([c]1ccccc1)([c]1ccccc1)[c]1ccccc1)c1ccc(S)cc1. The molecule has 0 radical (unpaired) electrons. The van der Waals surface area contributed by atoms with E-state index in [1.165, 1.54) is 0 Å². The normalized spacial score (nSPS) is 11.1. The number of carbonyl (C=O) groups excluding carboxylic acids is 1. The summed E-state index contributed by atoms with van der Waals surface area (Å²) in [6.45, 7) is 0. The van der Waals surface area contributed by atoms with Crippen molar-refractivity contribution in [2.24, 2.45) is 0 Å². The molecule has 0 unspecified atom stereocenters. The monoisotopic (exact) mass is 504 g/mol. The van der Waals surface area contributed by atoms with E-state index < -0.39 is 18.8 Å². The molecule has 4 heteroatoms. The van der Waals surface area contributed by atoms with Gasteiger partial charge in [-0.1, -0.05) is 0 Å². The van der Waals surface area contributed by atoms with Crippen molar-refractivity contribution in [1.29, 1.82) is 0 Å². The molecular formula is C25H20O2SSn. The molecule has 4 aromatic rings. The first-order chi connectivity index (χ1) is 14.2. The van der Waals surface area contributed by atoms with E-state index in [0.29, 0.717) is 5.56 Å². The molecule has 29 heavy (non-hydrogen) atoms. The minimum atomic E-state index is -4.07. The van der Waals surface area contributed by atoms with Crippen LogP contribution >= 0.6 is 12.6 Å². The van der Waals surface area contributed by atoms with Crippen LogP contribution < -0.4 is 10.7 Å². The molecule has 0 aliphatic heterocycles. The van der Waals surface area contributed by atoms with Crippen LogP contribution in [-0.4, -0.2) is 24.8 Å². The molecule has 0 aliphatic rings. The third kappa shape index (κ3) is 4.11. The van der Waals surface area contributed by atoms with E-state index in [4.69, 9.17) is 3.07 Å². The van der Waals surface area contributed by atoms with Crippen LogP contribution in [0.3, 0.4) is 0 Å². The third-order valence-electron chi connectivity index (χ3n) is 4.89. The van der Waals surface area contributed by atoms with Crippen LogP contribution in [0.1, 0.15) is 10.4 Å². The van der Waals surface area contributed by atoms with Crippen molar-refractivity contribution in [2.45, 2.75) is 4.90 Å². The van der Waals surface area contributed by atoms with Crippen molar-refractivity contribution in [3.05, 3.63) is 121 Å². The number of thiol groups is 1. The molecule has 0 aliphatic carbocycles. The fourth-order valence-electron chi connectivity index (χ4n) is 3.49. The van der Waals surface area contributed by atoms with E-state index >= 15 is 0 Å². The molecule has 0 aromatic heterocycles. The molecule has 2 nitrogen and oxygen atoms in total. The van der Waals surface area contributed by atoms with Gasteiger partial charge < -0.3 is 0 Å². The Hall–Kier alpha value is -2.50. The summed E-state index contributed by atoms with van der Waals surface area (Å²) in [7, 11) is 0. The van der Waals surface area contributed by atoms with Crippen molar-refractivity contribution < 1.29 is 7.87 Å². The summed E-state index contributed by atoms with van der Waals surface area (Å²) >= 11 is 0.252. The average molecular weight is 503 g/mol. The molecule has 142 valence electrons. The molecule has 4 aromatic carbocycles. The summed E-state index contributed by atoms with van der Waals surface area (Å²) in [6, 6.07) is 37.7. The molecule has 0 saturated heterocycles. The third-order valence-corrected chi connectivity index (χ3v) is 16.4. The Morgan fingerprint density at radius 2 is 0.966 bits per heavy atom. The summed E-state index contributed by atoms with van der Waals surface area (Å²) in [6.07, 6.45) is 0. The quantitative estimate of drug-likeness (QED) is 0.332. The Morgan fingerprint density at radius 1 is 0.586 bits per heavy atom. The fraction of sp³-hybridized carbons (Fsp3) is 0. The van der Waals surface area contributed by atoms with Crippen molar-refractivity contribution in [3.8, 4) is 0 Å². The van der Waals surface area contributed by atoms with Gasteiger partial charge >= 0.3 is 182 Å². The second-order valence-corrected chi connectivity index (χ2v) is 16.6. The summed E-state index contributed by atoms with van der Waals surface area (Å²) < 4.78 is 9.86. The van der Waals surface area contributed by atoms with Crippen LogP contribution in [0, 0.1) is 0 Å². The van der Waals surface area contributed by atoms with E-state index in [0.717, 1.165) is 15.6 Å². The zero-order chi connectivity index (χ0) is 20.1. The number of hydrogen-bond donors (Lipinski definition) is 1. The number of carbonyl (C=O) groups is 1. The number of benzene rings is 4. The van der Waals surface area contributed by atoms with Gasteiger partial charge in [-0.15, -0.1) is 0 Å². The molecule has 0 fully saturated rings. The van der Waals surface area contributed by atoms with Crippen LogP contribution in [0.4, 0.5) is 0 Å². The van der Waals surface area contributed by atoms with Crippen molar-refractivity contribution in [3.63, 3.8) is 0 Å². The Balaban J connectivity index is 1.92. The maximum atomic E-state index is 13.3. The summed E-state index contributed by atoms with van der Waals surface area (Å²) in [4.78, 5) is 14.1. The van der Waals surface area contributed by atoms with Crippen molar-refractivity contribution in [1.82, 2.24) is 0 Å². The zero-order valence-corrected chi connectivity index (χ0v) is 19.5. The van der Waals surface area contributed by atoms with Gasteiger partial charge in [0.05, 0.1) is 0 Å². The molecule has 4 rings (SSSR count). The molecule has 0 heterocycles. The first-order valence-electron chi connectivity index (χ1n) is 9.39. The average Bonchev–Trinajstić information content (AvgIpc) is 2.79. The van der Waals surface area contributed by atoms with Gasteiger partial charge in [0.2, 0.25) is 0 Å². The predicted octanol–water partition coefficient (Wildman–Crippen LogP) is 3.80. The molecule has 0 atom stereocenters.